The predicted octanol–water partition coefficient (Wildman–Crippen LogP) is 4.20. The summed E-state index contributed by atoms with van der Waals surface area (Å²) in [7, 11) is 0. The van der Waals surface area contributed by atoms with Crippen molar-refractivity contribution in [2.45, 2.75) is 44.8 Å². The fourth-order valence-corrected chi connectivity index (χ4v) is 5.00. The first-order chi connectivity index (χ1) is 16.2. The Balaban J connectivity index is 1.25. The van der Waals surface area contributed by atoms with Crippen LogP contribution in [0.5, 0.6) is 11.5 Å². The van der Waals surface area contributed by atoms with Crippen LogP contribution in [0.25, 0.3) is 0 Å². The molecule has 33 heavy (non-hydrogen) atoms. The lowest BCUT2D eigenvalue weighted by Crippen LogP contribution is -2.51. The van der Waals surface area contributed by atoms with Crippen molar-refractivity contribution in [1.29, 1.82) is 0 Å². The van der Waals surface area contributed by atoms with E-state index in [1.807, 2.05) is 24.3 Å². The van der Waals surface area contributed by atoms with Crippen LogP contribution in [0.3, 0.4) is 0 Å². The van der Waals surface area contributed by atoms with E-state index < -0.39 is 0 Å². The predicted molar refractivity (Wildman–Crippen MR) is 135 cm³/mol. The highest BCUT2D eigenvalue weighted by molar-refractivity contribution is 9.09. The first-order valence-electron chi connectivity index (χ1n) is 11.8. The summed E-state index contributed by atoms with van der Waals surface area (Å²) in [5.74, 6) is 1.62. The SMILES string of the molecule is O=c1c(Cl)c(N2CCN(CC3COc4ccccc4O3)CC2)cnn1CCCCCCCBr. The second-order valence-corrected chi connectivity index (χ2v) is 9.79. The highest BCUT2D eigenvalue weighted by atomic mass is 79.9. The Morgan fingerprint density at radius 1 is 1.03 bits per heavy atom. The maximum atomic E-state index is 12.7. The van der Waals surface area contributed by atoms with Crippen LogP contribution in [0, 0.1) is 0 Å². The van der Waals surface area contributed by atoms with Crippen molar-refractivity contribution in [3.63, 3.8) is 0 Å². The fourth-order valence-electron chi connectivity index (χ4n) is 4.33. The van der Waals surface area contributed by atoms with E-state index in [1.165, 1.54) is 23.9 Å². The van der Waals surface area contributed by atoms with Gasteiger partial charge in [0.1, 0.15) is 17.7 Å². The number of hydrogen-bond acceptors (Lipinski definition) is 6. The number of unbranched alkanes of at least 4 members (excludes halogenated alkanes) is 4. The van der Waals surface area contributed by atoms with Crippen LogP contribution in [0.2, 0.25) is 5.02 Å². The number of aromatic nitrogens is 2. The zero-order valence-corrected chi connectivity index (χ0v) is 21.3. The van der Waals surface area contributed by atoms with Crippen LogP contribution in [0.1, 0.15) is 32.1 Å². The molecule has 0 N–H and O–H groups in total. The van der Waals surface area contributed by atoms with Gasteiger partial charge in [0.15, 0.2) is 11.5 Å². The Labute approximate surface area is 208 Å². The molecule has 1 fully saturated rings. The molecule has 1 aromatic heterocycles. The first kappa shape index (κ1) is 24.4. The smallest absolute Gasteiger partial charge is 0.287 e. The lowest BCUT2D eigenvalue weighted by atomic mass is 10.1. The van der Waals surface area contributed by atoms with E-state index in [-0.39, 0.29) is 16.7 Å². The third kappa shape index (κ3) is 6.43. The van der Waals surface area contributed by atoms with Crippen LogP contribution in [0.15, 0.2) is 35.3 Å². The molecule has 4 rings (SSSR count). The molecule has 2 aliphatic rings. The van der Waals surface area contributed by atoms with E-state index in [1.54, 1.807) is 6.20 Å². The van der Waals surface area contributed by atoms with Gasteiger partial charge in [-0.05, 0) is 25.0 Å². The van der Waals surface area contributed by atoms with Gasteiger partial charge in [-0.2, -0.15) is 5.10 Å². The molecule has 0 spiro atoms. The molecular formula is C24H32BrClN4O3. The Hall–Kier alpha value is -1.77. The van der Waals surface area contributed by atoms with Crippen molar-refractivity contribution in [2.75, 3.05) is 49.6 Å². The maximum absolute atomic E-state index is 12.7. The fraction of sp³-hybridized carbons (Fsp3) is 0.583. The van der Waals surface area contributed by atoms with Gasteiger partial charge in [-0.1, -0.05) is 58.9 Å². The van der Waals surface area contributed by atoms with E-state index in [9.17, 15) is 4.79 Å². The summed E-state index contributed by atoms with van der Waals surface area (Å²) < 4.78 is 13.4. The molecule has 0 saturated carbocycles. The van der Waals surface area contributed by atoms with Crippen LogP contribution in [-0.2, 0) is 6.54 Å². The van der Waals surface area contributed by atoms with E-state index in [0.717, 1.165) is 68.1 Å². The van der Waals surface area contributed by atoms with E-state index in [4.69, 9.17) is 21.1 Å². The third-order valence-electron chi connectivity index (χ3n) is 6.21. The number of benzene rings is 1. The second kappa shape index (κ2) is 12.1. The summed E-state index contributed by atoms with van der Waals surface area (Å²) in [6.45, 7) is 5.32. The monoisotopic (exact) mass is 538 g/mol. The molecule has 9 heteroatoms. The number of halogens is 2. The number of rotatable bonds is 10. The van der Waals surface area contributed by atoms with Crippen molar-refractivity contribution in [2.24, 2.45) is 0 Å². The van der Waals surface area contributed by atoms with Crippen molar-refractivity contribution < 1.29 is 9.47 Å². The molecule has 1 saturated heterocycles. The Kier molecular flexibility index (Phi) is 8.92. The molecular weight excluding hydrogens is 508 g/mol. The molecule has 7 nitrogen and oxygen atoms in total. The molecule has 180 valence electrons. The molecule has 3 heterocycles. The number of hydrogen-bond donors (Lipinski definition) is 0. The van der Waals surface area contributed by atoms with E-state index in [2.05, 4.69) is 30.8 Å². The average molecular weight is 540 g/mol. The van der Waals surface area contributed by atoms with Gasteiger partial charge in [-0.15, -0.1) is 0 Å². The maximum Gasteiger partial charge on any atom is 0.287 e. The van der Waals surface area contributed by atoms with Crippen molar-refractivity contribution in [3.8, 4) is 11.5 Å². The van der Waals surface area contributed by atoms with Gasteiger partial charge in [0.25, 0.3) is 5.56 Å². The normalized spacial score (nSPS) is 18.5. The molecule has 1 unspecified atom stereocenters. The summed E-state index contributed by atoms with van der Waals surface area (Å²) in [5, 5.41) is 5.73. The third-order valence-corrected chi connectivity index (χ3v) is 7.13. The molecule has 0 bridgehead atoms. The summed E-state index contributed by atoms with van der Waals surface area (Å²) >= 11 is 9.94. The topological polar surface area (TPSA) is 59.8 Å². The minimum Gasteiger partial charge on any atom is -0.486 e. The Bertz CT molecular complexity index is 965. The van der Waals surface area contributed by atoms with Crippen molar-refractivity contribution in [3.05, 3.63) is 45.8 Å². The first-order valence-corrected chi connectivity index (χ1v) is 13.3. The highest BCUT2D eigenvalue weighted by Gasteiger charge is 2.26. The number of piperazine rings is 1. The number of nitrogens with zero attached hydrogens (tertiary/aromatic N) is 4. The van der Waals surface area contributed by atoms with E-state index >= 15 is 0 Å². The van der Waals surface area contributed by atoms with Crippen molar-refractivity contribution in [1.82, 2.24) is 14.7 Å². The minimum atomic E-state index is -0.191. The van der Waals surface area contributed by atoms with Gasteiger partial charge < -0.3 is 14.4 Å². The van der Waals surface area contributed by atoms with Crippen LogP contribution in [0.4, 0.5) is 5.69 Å². The van der Waals surface area contributed by atoms with Gasteiger partial charge in [-0.3, -0.25) is 9.69 Å². The lowest BCUT2D eigenvalue weighted by molar-refractivity contribution is 0.0571. The second-order valence-electron chi connectivity index (χ2n) is 8.61. The molecule has 0 amide bonds. The molecule has 2 aliphatic heterocycles. The van der Waals surface area contributed by atoms with Gasteiger partial charge in [0.2, 0.25) is 0 Å². The standard InChI is InChI=1S/C24H32BrClN4O3/c25-10-6-2-1-3-7-11-30-24(31)23(26)20(16-27-30)29-14-12-28(13-15-29)17-19-18-32-21-8-4-5-9-22(21)33-19/h4-5,8-9,16,19H,1-3,6-7,10-15,17-18H2. The van der Waals surface area contributed by atoms with E-state index in [0.29, 0.717) is 13.2 Å². The molecule has 1 aromatic carbocycles. The zero-order valence-electron chi connectivity index (χ0n) is 18.9. The number of anilines is 1. The lowest BCUT2D eigenvalue weighted by Gasteiger charge is -2.38. The molecule has 0 radical (unpaired) electrons. The van der Waals surface area contributed by atoms with Crippen LogP contribution < -0.4 is 19.9 Å². The van der Waals surface area contributed by atoms with Gasteiger partial charge in [0, 0.05) is 44.6 Å². The molecule has 2 aromatic rings. The Morgan fingerprint density at radius 2 is 1.76 bits per heavy atom. The molecule has 1 atom stereocenters. The highest BCUT2D eigenvalue weighted by Crippen LogP contribution is 2.31. The largest absolute Gasteiger partial charge is 0.486 e. The van der Waals surface area contributed by atoms with Gasteiger partial charge >= 0.3 is 0 Å². The summed E-state index contributed by atoms with van der Waals surface area (Å²) in [6, 6.07) is 7.79. The number of aryl methyl sites for hydroxylation is 1. The Morgan fingerprint density at radius 3 is 2.55 bits per heavy atom. The van der Waals surface area contributed by atoms with Crippen LogP contribution >= 0.6 is 27.5 Å². The van der Waals surface area contributed by atoms with Crippen molar-refractivity contribution >= 4 is 33.2 Å². The minimum absolute atomic E-state index is 0.0140. The average Bonchev–Trinajstić information content (AvgIpc) is 2.84. The van der Waals surface area contributed by atoms with Gasteiger partial charge in [0.05, 0.1) is 11.9 Å². The number of fused-ring (bicyclic) bond motifs is 1. The number of alkyl halides is 1. The summed E-state index contributed by atoms with van der Waals surface area (Å²) in [4.78, 5) is 17.3. The summed E-state index contributed by atoms with van der Waals surface area (Å²) in [6.07, 6.45) is 7.40. The van der Waals surface area contributed by atoms with Gasteiger partial charge in [-0.25, -0.2) is 4.68 Å². The number of ether oxygens (including phenoxy) is 2. The molecule has 0 aliphatic carbocycles. The summed E-state index contributed by atoms with van der Waals surface area (Å²) in [5.41, 5.74) is 0.546. The van der Waals surface area contributed by atoms with Crippen LogP contribution in [-0.4, -0.2) is 65.4 Å². The quantitative estimate of drug-likeness (QED) is 0.333. The number of para-hydroxylation sites is 2. The zero-order chi connectivity index (χ0) is 23.0.